The van der Waals surface area contributed by atoms with Crippen LogP contribution in [0.2, 0.25) is 0 Å². The van der Waals surface area contributed by atoms with Crippen molar-refractivity contribution in [2.75, 3.05) is 6.61 Å². The van der Waals surface area contributed by atoms with Crippen molar-refractivity contribution in [2.45, 2.75) is 33.6 Å². The van der Waals surface area contributed by atoms with Crippen LogP contribution in [-0.2, 0) is 0 Å². The van der Waals surface area contributed by atoms with Gasteiger partial charge in [0.15, 0.2) is 0 Å². The molecule has 0 aliphatic heterocycles. The molecule has 0 heterocycles. The monoisotopic (exact) mass is 402 g/mol. The highest BCUT2D eigenvalue weighted by Crippen LogP contribution is 2.29. The molecule has 0 radical (unpaired) electrons. The molecule has 0 fully saturated rings. The van der Waals surface area contributed by atoms with E-state index in [1.54, 1.807) is 18.3 Å². The van der Waals surface area contributed by atoms with E-state index in [1.165, 1.54) is 0 Å². The average molecular weight is 403 g/mol. The van der Waals surface area contributed by atoms with Crippen molar-refractivity contribution in [1.82, 2.24) is 5.43 Å². The Bertz CT molecular complexity index is 785. The van der Waals surface area contributed by atoms with Crippen LogP contribution < -0.4 is 10.2 Å². The normalized spacial score (nSPS) is 11.1. The van der Waals surface area contributed by atoms with E-state index < -0.39 is 0 Å². The lowest BCUT2D eigenvalue weighted by Gasteiger charge is -2.15. The van der Waals surface area contributed by atoms with Gasteiger partial charge in [0.1, 0.15) is 5.75 Å². The Morgan fingerprint density at radius 3 is 2.72 bits per heavy atom. The van der Waals surface area contributed by atoms with Gasteiger partial charge in [-0.1, -0.05) is 35.8 Å². The largest absolute Gasteiger partial charge is 0.494 e. The lowest BCUT2D eigenvalue weighted by molar-refractivity contribution is 0.0955. The number of ether oxygens (including phenoxy) is 1. The molecule has 2 aromatic rings. The Labute approximate surface area is 157 Å². The van der Waals surface area contributed by atoms with Crippen molar-refractivity contribution in [3.63, 3.8) is 0 Å². The smallest absolute Gasteiger partial charge is 0.271 e. The number of amides is 1. The number of nitrogens with one attached hydrogen (secondary N) is 1. The molecule has 0 atom stereocenters. The summed E-state index contributed by atoms with van der Waals surface area (Å²) in [5, 5.41) is 4.10. The van der Waals surface area contributed by atoms with E-state index in [0.717, 1.165) is 26.9 Å². The summed E-state index contributed by atoms with van der Waals surface area (Å²) in [4.78, 5) is 12.1. The fourth-order valence-electron chi connectivity index (χ4n) is 2.44. The Morgan fingerprint density at radius 2 is 2.08 bits per heavy atom. The number of nitrogens with zero attached hydrogens (tertiary/aromatic N) is 1. The maximum absolute atomic E-state index is 12.1. The van der Waals surface area contributed by atoms with E-state index in [2.05, 4.69) is 46.4 Å². The predicted octanol–water partition coefficient (Wildman–Crippen LogP) is 5.04. The number of carbonyl (C=O) groups excluding carboxylic acids is 1. The van der Waals surface area contributed by atoms with Gasteiger partial charge in [-0.2, -0.15) is 5.10 Å². The molecule has 0 bridgehead atoms. The van der Waals surface area contributed by atoms with E-state index in [1.807, 2.05) is 32.0 Å². The standard InChI is InChI=1S/C20H23BrN2O2/c1-5-25-19-9-14(4)16(11-18(19)13(2)3)12-22-23-20(24)15-7-6-8-17(21)10-15/h6-13H,5H2,1-4H3,(H,23,24)/b22-12-. The molecule has 2 rings (SSSR count). The molecule has 1 amide bonds. The molecule has 2 aromatic carbocycles. The zero-order chi connectivity index (χ0) is 18.4. The van der Waals surface area contributed by atoms with Crippen molar-refractivity contribution < 1.29 is 9.53 Å². The molecule has 132 valence electrons. The number of hydrazone groups is 1. The van der Waals surface area contributed by atoms with Crippen LogP contribution in [0.3, 0.4) is 0 Å². The van der Waals surface area contributed by atoms with Crippen LogP contribution in [0.1, 0.15) is 53.7 Å². The van der Waals surface area contributed by atoms with Gasteiger partial charge >= 0.3 is 0 Å². The van der Waals surface area contributed by atoms with Gasteiger partial charge in [-0.3, -0.25) is 4.79 Å². The summed E-state index contributed by atoms with van der Waals surface area (Å²) >= 11 is 3.36. The van der Waals surface area contributed by atoms with Crippen molar-refractivity contribution in [2.24, 2.45) is 5.10 Å². The van der Waals surface area contributed by atoms with Crippen LogP contribution >= 0.6 is 15.9 Å². The third-order valence-corrected chi connectivity index (χ3v) is 4.27. The number of carbonyl (C=O) groups is 1. The Hall–Kier alpha value is -2.14. The van der Waals surface area contributed by atoms with Crippen molar-refractivity contribution >= 4 is 28.1 Å². The van der Waals surface area contributed by atoms with Gasteiger partial charge in [0.25, 0.3) is 5.91 Å². The number of rotatable bonds is 6. The maximum atomic E-state index is 12.1. The summed E-state index contributed by atoms with van der Waals surface area (Å²) in [6.45, 7) is 8.87. The highest BCUT2D eigenvalue weighted by molar-refractivity contribution is 9.10. The average Bonchev–Trinajstić information content (AvgIpc) is 2.56. The van der Waals surface area contributed by atoms with Crippen molar-refractivity contribution in [3.05, 3.63) is 63.1 Å². The molecule has 5 heteroatoms. The predicted molar refractivity (Wildman–Crippen MR) is 106 cm³/mol. The SMILES string of the molecule is CCOc1cc(C)c(/C=N\NC(=O)c2cccc(Br)c2)cc1C(C)C. The molecule has 0 aromatic heterocycles. The highest BCUT2D eigenvalue weighted by Gasteiger charge is 2.11. The first-order valence-corrected chi connectivity index (χ1v) is 9.08. The first-order valence-electron chi connectivity index (χ1n) is 8.28. The quantitative estimate of drug-likeness (QED) is 0.543. The minimum Gasteiger partial charge on any atom is -0.494 e. The Morgan fingerprint density at radius 1 is 1.32 bits per heavy atom. The van der Waals surface area contributed by atoms with Crippen LogP contribution in [-0.4, -0.2) is 18.7 Å². The minimum atomic E-state index is -0.245. The van der Waals surface area contributed by atoms with Crippen LogP contribution in [0.25, 0.3) is 0 Å². The third kappa shape index (κ3) is 5.16. The summed E-state index contributed by atoms with van der Waals surface area (Å²) in [7, 11) is 0. The number of aryl methyl sites for hydroxylation is 1. The molecule has 0 unspecified atom stereocenters. The minimum absolute atomic E-state index is 0.245. The van der Waals surface area contributed by atoms with Gasteiger partial charge in [-0.05, 0) is 66.8 Å². The molecule has 0 spiro atoms. The van der Waals surface area contributed by atoms with Gasteiger partial charge in [0.2, 0.25) is 0 Å². The van der Waals surface area contributed by atoms with E-state index in [9.17, 15) is 4.79 Å². The molecule has 1 N–H and O–H groups in total. The summed E-state index contributed by atoms with van der Waals surface area (Å²) in [6.07, 6.45) is 1.67. The second-order valence-electron chi connectivity index (χ2n) is 6.04. The molecular weight excluding hydrogens is 380 g/mol. The molecule has 4 nitrogen and oxygen atoms in total. The number of hydrogen-bond donors (Lipinski definition) is 1. The van der Waals surface area contributed by atoms with Gasteiger partial charge in [-0.15, -0.1) is 0 Å². The van der Waals surface area contributed by atoms with E-state index >= 15 is 0 Å². The van der Waals surface area contributed by atoms with E-state index in [0.29, 0.717) is 18.1 Å². The van der Waals surface area contributed by atoms with Crippen molar-refractivity contribution in [1.29, 1.82) is 0 Å². The van der Waals surface area contributed by atoms with Gasteiger partial charge in [-0.25, -0.2) is 5.43 Å². The molecule has 25 heavy (non-hydrogen) atoms. The molecular formula is C20H23BrN2O2. The second kappa shape index (κ2) is 8.81. The fraction of sp³-hybridized carbons (Fsp3) is 0.300. The summed E-state index contributed by atoms with van der Waals surface area (Å²) in [5.74, 6) is 1.00. The zero-order valence-electron chi connectivity index (χ0n) is 15.0. The summed E-state index contributed by atoms with van der Waals surface area (Å²) in [6, 6.07) is 11.3. The zero-order valence-corrected chi connectivity index (χ0v) is 16.6. The molecule has 0 aliphatic rings. The van der Waals surface area contributed by atoms with Gasteiger partial charge < -0.3 is 4.74 Å². The maximum Gasteiger partial charge on any atom is 0.271 e. The topological polar surface area (TPSA) is 50.7 Å². The summed E-state index contributed by atoms with van der Waals surface area (Å²) < 4.78 is 6.58. The lowest BCUT2D eigenvalue weighted by Crippen LogP contribution is -2.17. The molecule has 0 saturated carbocycles. The van der Waals surface area contributed by atoms with Crippen molar-refractivity contribution in [3.8, 4) is 5.75 Å². The Balaban J connectivity index is 2.17. The third-order valence-electron chi connectivity index (χ3n) is 3.78. The van der Waals surface area contributed by atoms with Gasteiger partial charge in [0.05, 0.1) is 12.8 Å². The molecule has 0 aliphatic carbocycles. The lowest BCUT2D eigenvalue weighted by atomic mass is 9.97. The van der Waals surface area contributed by atoms with Crippen LogP contribution in [0.4, 0.5) is 0 Å². The number of hydrogen-bond acceptors (Lipinski definition) is 3. The second-order valence-corrected chi connectivity index (χ2v) is 6.96. The summed E-state index contributed by atoms with van der Waals surface area (Å²) in [5.41, 5.74) is 6.26. The van der Waals surface area contributed by atoms with E-state index in [-0.39, 0.29) is 5.91 Å². The molecule has 0 saturated heterocycles. The van der Waals surface area contributed by atoms with Gasteiger partial charge in [0, 0.05) is 10.0 Å². The fourth-order valence-corrected chi connectivity index (χ4v) is 2.84. The highest BCUT2D eigenvalue weighted by atomic mass is 79.9. The number of halogens is 1. The number of benzene rings is 2. The van der Waals surface area contributed by atoms with Crippen LogP contribution in [0.15, 0.2) is 46.0 Å². The van der Waals surface area contributed by atoms with Crippen LogP contribution in [0, 0.1) is 6.92 Å². The van der Waals surface area contributed by atoms with E-state index in [4.69, 9.17) is 4.74 Å². The Kier molecular flexibility index (Phi) is 6.76. The first kappa shape index (κ1) is 19.2. The van der Waals surface area contributed by atoms with Crippen LogP contribution in [0.5, 0.6) is 5.75 Å². The first-order chi connectivity index (χ1) is 11.9.